The van der Waals surface area contributed by atoms with E-state index in [2.05, 4.69) is 15.6 Å². The predicted octanol–water partition coefficient (Wildman–Crippen LogP) is 4.17. The van der Waals surface area contributed by atoms with Gasteiger partial charge in [-0.3, -0.25) is 9.48 Å². The first kappa shape index (κ1) is 18.4. The van der Waals surface area contributed by atoms with Crippen molar-refractivity contribution in [1.82, 2.24) is 20.3 Å². The van der Waals surface area contributed by atoms with E-state index in [1.807, 2.05) is 72.9 Å². The Morgan fingerprint density at radius 3 is 2.41 bits per heavy atom. The summed E-state index contributed by atoms with van der Waals surface area (Å²) in [7, 11) is 0. The van der Waals surface area contributed by atoms with E-state index in [0.29, 0.717) is 24.4 Å². The lowest BCUT2D eigenvalue weighted by atomic mass is 10.2. The largest absolute Gasteiger partial charge is 0.457 e. The maximum absolute atomic E-state index is 12.5. The second kappa shape index (κ2) is 8.84. The Bertz CT molecular complexity index is 1080. The number of hydrogen-bond acceptors (Lipinski definition) is 4. The van der Waals surface area contributed by atoms with Gasteiger partial charge in [-0.05, 0) is 30.3 Å². The van der Waals surface area contributed by atoms with Crippen LogP contribution in [0.4, 0.5) is 0 Å². The van der Waals surface area contributed by atoms with E-state index in [-0.39, 0.29) is 5.91 Å². The minimum atomic E-state index is -0.160. The summed E-state index contributed by atoms with van der Waals surface area (Å²) in [5.74, 6) is 1.19. The first-order valence-electron chi connectivity index (χ1n) is 9.35. The normalized spacial score (nSPS) is 10.5. The summed E-state index contributed by atoms with van der Waals surface area (Å²) < 4.78 is 7.51. The van der Waals surface area contributed by atoms with Crippen molar-refractivity contribution >= 4 is 5.91 Å². The van der Waals surface area contributed by atoms with E-state index >= 15 is 0 Å². The Kier molecular flexibility index (Phi) is 5.62. The number of hydrogen-bond donors (Lipinski definition) is 1. The summed E-state index contributed by atoms with van der Waals surface area (Å²) in [5, 5.41) is 11.2. The highest BCUT2D eigenvalue weighted by molar-refractivity contribution is 5.94. The molecule has 0 atom stereocenters. The number of ether oxygens (including phenoxy) is 1. The van der Waals surface area contributed by atoms with Crippen LogP contribution in [0.25, 0.3) is 11.3 Å². The molecular formula is C23H20N4O2. The number of nitrogens with zero attached hydrogens (tertiary/aromatic N) is 3. The van der Waals surface area contributed by atoms with Gasteiger partial charge in [-0.1, -0.05) is 59.8 Å². The van der Waals surface area contributed by atoms with Crippen LogP contribution in [0.5, 0.6) is 11.5 Å². The molecule has 0 unspecified atom stereocenters. The molecule has 0 fully saturated rings. The van der Waals surface area contributed by atoms with Crippen LogP contribution in [0.2, 0.25) is 0 Å². The zero-order chi connectivity index (χ0) is 19.9. The lowest BCUT2D eigenvalue weighted by Gasteiger charge is -2.08. The van der Waals surface area contributed by atoms with Crippen molar-refractivity contribution in [2.45, 2.75) is 6.54 Å². The summed E-state index contributed by atoms with van der Waals surface area (Å²) in [6, 6.07) is 26.4. The molecule has 0 aliphatic carbocycles. The van der Waals surface area contributed by atoms with Crippen molar-refractivity contribution < 1.29 is 9.53 Å². The minimum Gasteiger partial charge on any atom is -0.457 e. The Morgan fingerprint density at radius 1 is 0.897 bits per heavy atom. The highest BCUT2D eigenvalue weighted by Crippen LogP contribution is 2.21. The average molecular weight is 384 g/mol. The van der Waals surface area contributed by atoms with E-state index < -0.39 is 0 Å². The molecule has 1 N–H and O–H groups in total. The lowest BCUT2D eigenvalue weighted by molar-refractivity contribution is 0.0951. The fourth-order valence-corrected chi connectivity index (χ4v) is 2.86. The van der Waals surface area contributed by atoms with Crippen molar-refractivity contribution in [1.29, 1.82) is 0 Å². The van der Waals surface area contributed by atoms with Crippen LogP contribution < -0.4 is 10.1 Å². The molecule has 0 spiro atoms. The molecule has 0 aliphatic heterocycles. The van der Waals surface area contributed by atoms with Gasteiger partial charge in [0.15, 0.2) is 0 Å². The highest BCUT2D eigenvalue weighted by Gasteiger charge is 2.08. The summed E-state index contributed by atoms with van der Waals surface area (Å²) in [6.45, 7) is 0.978. The van der Waals surface area contributed by atoms with E-state index in [9.17, 15) is 4.79 Å². The van der Waals surface area contributed by atoms with Crippen LogP contribution >= 0.6 is 0 Å². The third-order valence-electron chi connectivity index (χ3n) is 4.31. The highest BCUT2D eigenvalue weighted by atomic mass is 16.5. The molecule has 1 aromatic heterocycles. The van der Waals surface area contributed by atoms with E-state index in [4.69, 9.17) is 4.74 Å². The second-order valence-electron chi connectivity index (χ2n) is 6.43. The van der Waals surface area contributed by atoms with Gasteiger partial charge >= 0.3 is 0 Å². The molecule has 0 radical (unpaired) electrons. The number of nitrogens with one attached hydrogen (secondary N) is 1. The van der Waals surface area contributed by atoms with Crippen LogP contribution in [0.3, 0.4) is 0 Å². The molecule has 0 saturated heterocycles. The molecule has 4 aromatic rings. The molecule has 1 amide bonds. The van der Waals surface area contributed by atoms with Crippen molar-refractivity contribution in [3.05, 3.63) is 96.7 Å². The Labute approximate surface area is 168 Å². The number of para-hydroxylation sites is 1. The zero-order valence-corrected chi connectivity index (χ0v) is 15.7. The average Bonchev–Trinajstić information content (AvgIpc) is 3.24. The van der Waals surface area contributed by atoms with Gasteiger partial charge in [-0.25, -0.2) is 0 Å². The lowest BCUT2D eigenvalue weighted by Crippen LogP contribution is -2.27. The van der Waals surface area contributed by atoms with Crippen LogP contribution in [-0.4, -0.2) is 27.4 Å². The topological polar surface area (TPSA) is 69.0 Å². The molecule has 6 heteroatoms. The second-order valence-corrected chi connectivity index (χ2v) is 6.43. The van der Waals surface area contributed by atoms with Gasteiger partial charge in [-0.2, -0.15) is 0 Å². The van der Waals surface area contributed by atoms with E-state index in [0.717, 1.165) is 17.0 Å². The molecule has 0 saturated carbocycles. The standard InChI is InChI=1S/C23H20N4O2/c28-23(19-10-7-13-21(16-19)29-20-11-5-2-6-12-20)24-14-15-27-17-22(25-26-27)18-8-3-1-4-9-18/h1-13,16-17H,14-15H2,(H,24,28). The van der Waals surface area contributed by atoms with Crippen molar-refractivity contribution in [2.24, 2.45) is 0 Å². The number of aromatic nitrogens is 3. The quantitative estimate of drug-likeness (QED) is 0.519. The summed E-state index contributed by atoms with van der Waals surface area (Å²) in [6.07, 6.45) is 1.87. The maximum Gasteiger partial charge on any atom is 0.251 e. The number of amides is 1. The van der Waals surface area contributed by atoms with Crippen LogP contribution in [0.1, 0.15) is 10.4 Å². The van der Waals surface area contributed by atoms with E-state index in [1.54, 1.807) is 22.9 Å². The molecule has 0 bridgehead atoms. The fourth-order valence-electron chi connectivity index (χ4n) is 2.86. The smallest absolute Gasteiger partial charge is 0.251 e. The van der Waals surface area contributed by atoms with Gasteiger partial charge in [0.05, 0.1) is 12.7 Å². The fraction of sp³-hybridized carbons (Fsp3) is 0.0870. The van der Waals surface area contributed by atoms with Gasteiger partial charge in [0.2, 0.25) is 0 Å². The van der Waals surface area contributed by atoms with Gasteiger partial charge in [-0.15, -0.1) is 5.10 Å². The number of carbonyl (C=O) groups is 1. The molecule has 0 aliphatic rings. The molecule has 1 heterocycles. The van der Waals surface area contributed by atoms with Crippen LogP contribution in [0.15, 0.2) is 91.1 Å². The Morgan fingerprint density at radius 2 is 1.62 bits per heavy atom. The molecule has 3 aromatic carbocycles. The first-order chi connectivity index (χ1) is 14.3. The summed E-state index contributed by atoms with van der Waals surface area (Å²) >= 11 is 0. The van der Waals surface area contributed by atoms with Crippen LogP contribution in [0, 0.1) is 0 Å². The molecule has 6 nitrogen and oxygen atoms in total. The Balaban J connectivity index is 1.32. The molecular weight excluding hydrogens is 364 g/mol. The van der Waals surface area contributed by atoms with E-state index in [1.165, 1.54) is 0 Å². The monoisotopic (exact) mass is 384 g/mol. The van der Waals surface area contributed by atoms with Gasteiger partial charge in [0, 0.05) is 17.7 Å². The van der Waals surface area contributed by atoms with Crippen LogP contribution in [-0.2, 0) is 6.54 Å². The zero-order valence-electron chi connectivity index (χ0n) is 15.7. The summed E-state index contributed by atoms with van der Waals surface area (Å²) in [4.78, 5) is 12.5. The summed E-state index contributed by atoms with van der Waals surface area (Å²) in [5.41, 5.74) is 2.36. The third-order valence-corrected chi connectivity index (χ3v) is 4.31. The minimum absolute atomic E-state index is 0.160. The maximum atomic E-state index is 12.5. The molecule has 29 heavy (non-hydrogen) atoms. The van der Waals surface area contributed by atoms with Crippen molar-refractivity contribution in [3.8, 4) is 22.8 Å². The van der Waals surface area contributed by atoms with Gasteiger partial charge in [0.1, 0.15) is 17.2 Å². The van der Waals surface area contributed by atoms with Gasteiger partial charge in [0.25, 0.3) is 5.91 Å². The molecule has 144 valence electrons. The van der Waals surface area contributed by atoms with Gasteiger partial charge < -0.3 is 10.1 Å². The number of carbonyl (C=O) groups excluding carboxylic acids is 1. The SMILES string of the molecule is O=C(NCCn1cc(-c2ccccc2)nn1)c1cccc(Oc2ccccc2)c1. The first-order valence-corrected chi connectivity index (χ1v) is 9.35. The predicted molar refractivity (Wildman–Crippen MR) is 111 cm³/mol. The van der Waals surface area contributed by atoms with Crippen molar-refractivity contribution in [3.63, 3.8) is 0 Å². The number of rotatable bonds is 7. The Hall–Kier alpha value is -3.93. The van der Waals surface area contributed by atoms with Crippen molar-refractivity contribution in [2.75, 3.05) is 6.54 Å². The number of benzene rings is 3. The molecule has 4 rings (SSSR count). The third kappa shape index (κ3) is 4.87.